The molecule has 1 aliphatic heterocycles. The van der Waals surface area contributed by atoms with Gasteiger partial charge in [-0.1, -0.05) is 0 Å². The smallest absolute Gasteiger partial charge is 0.405 e. The zero-order chi connectivity index (χ0) is 19.3. The monoisotopic (exact) mass is 372 g/mol. The van der Waals surface area contributed by atoms with Crippen LogP contribution in [0.1, 0.15) is 37.0 Å². The Balaban J connectivity index is 1.85. The second kappa shape index (κ2) is 8.42. The van der Waals surface area contributed by atoms with Gasteiger partial charge in [0.1, 0.15) is 12.3 Å². The van der Waals surface area contributed by atoms with Crippen LogP contribution in [0.4, 0.5) is 13.2 Å². The van der Waals surface area contributed by atoms with Gasteiger partial charge in [-0.2, -0.15) is 13.2 Å². The van der Waals surface area contributed by atoms with Gasteiger partial charge >= 0.3 is 6.18 Å². The molecule has 26 heavy (non-hydrogen) atoms. The van der Waals surface area contributed by atoms with Gasteiger partial charge < -0.3 is 15.0 Å². The molecule has 1 aliphatic rings. The number of amides is 2. The molecule has 2 amide bonds. The van der Waals surface area contributed by atoms with Gasteiger partial charge in [0.25, 0.3) is 5.91 Å². The first-order valence-electron chi connectivity index (χ1n) is 8.56. The van der Waals surface area contributed by atoms with E-state index in [4.69, 9.17) is 4.74 Å². The summed E-state index contributed by atoms with van der Waals surface area (Å²) in [7, 11) is 0. The van der Waals surface area contributed by atoms with Crippen LogP contribution in [0.5, 0.6) is 5.75 Å². The molecule has 5 nitrogen and oxygen atoms in total. The third kappa shape index (κ3) is 5.93. The van der Waals surface area contributed by atoms with Gasteiger partial charge in [0.15, 0.2) is 0 Å². The third-order valence-electron chi connectivity index (χ3n) is 4.09. The lowest BCUT2D eigenvalue weighted by molar-refractivity contribution is -0.141. The summed E-state index contributed by atoms with van der Waals surface area (Å²) in [6.07, 6.45) is -3.68. The van der Waals surface area contributed by atoms with Crippen LogP contribution in [0.2, 0.25) is 0 Å². The van der Waals surface area contributed by atoms with Crippen molar-refractivity contribution < 1.29 is 27.5 Å². The van der Waals surface area contributed by atoms with Crippen LogP contribution in [0.25, 0.3) is 0 Å². The second-order valence-electron chi connectivity index (χ2n) is 6.59. The number of piperidine rings is 1. The van der Waals surface area contributed by atoms with E-state index in [0.717, 1.165) is 0 Å². The number of ether oxygens (including phenoxy) is 1. The van der Waals surface area contributed by atoms with Crippen molar-refractivity contribution in [2.24, 2.45) is 5.92 Å². The Morgan fingerprint density at radius 3 is 2.27 bits per heavy atom. The second-order valence-corrected chi connectivity index (χ2v) is 6.59. The van der Waals surface area contributed by atoms with Crippen LogP contribution in [0.3, 0.4) is 0 Å². The third-order valence-corrected chi connectivity index (χ3v) is 4.09. The molecule has 0 radical (unpaired) electrons. The average molecular weight is 372 g/mol. The van der Waals surface area contributed by atoms with Crippen LogP contribution in [-0.4, -0.2) is 48.6 Å². The number of carbonyl (C=O) groups is 2. The fourth-order valence-corrected chi connectivity index (χ4v) is 2.81. The maximum Gasteiger partial charge on any atom is 0.405 e. The summed E-state index contributed by atoms with van der Waals surface area (Å²) in [5.74, 6) is -0.584. The first-order chi connectivity index (χ1) is 12.2. The molecule has 1 heterocycles. The molecular formula is C18H23F3N2O3. The molecule has 1 aromatic rings. The normalized spacial score (nSPS) is 15.8. The molecule has 0 bridgehead atoms. The van der Waals surface area contributed by atoms with Gasteiger partial charge in [0.05, 0.1) is 6.10 Å². The molecule has 8 heteroatoms. The van der Waals surface area contributed by atoms with Crippen molar-refractivity contribution in [3.05, 3.63) is 29.8 Å². The SMILES string of the molecule is CC(C)Oc1ccc(C(=O)N2CCC(C(=O)NCC(F)(F)F)CC2)cc1. The Morgan fingerprint density at radius 2 is 1.77 bits per heavy atom. The molecule has 2 rings (SSSR count). The molecule has 1 fully saturated rings. The predicted molar refractivity (Wildman–Crippen MR) is 89.9 cm³/mol. The number of likely N-dealkylation sites (tertiary alicyclic amines) is 1. The molecule has 1 N–H and O–H groups in total. The van der Waals surface area contributed by atoms with E-state index in [1.165, 1.54) is 0 Å². The number of nitrogens with zero attached hydrogens (tertiary/aromatic N) is 1. The number of rotatable bonds is 5. The predicted octanol–water partition coefficient (Wildman–Crippen LogP) is 3.00. The molecule has 0 saturated carbocycles. The highest BCUT2D eigenvalue weighted by atomic mass is 19.4. The molecule has 0 unspecified atom stereocenters. The lowest BCUT2D eigenvalue weighted by atomic mass is 9.95. The highest BCUT2D eigenvalue weighted by Gasteiger charge is 2.32. The molecule has 0 spiro atoms. The van der Waals surface area contributed by atoms with Gasteiger partial charge in [-0.15, -0.1) is 0 Å². The highest BCUT2D eigenvalue weighted by molar-refractivity contribution is 5.94. The molecule has 0 atom stereocenters. The van der Waals surface area contributed by atoms with Crippen LogP contribution in [0.15, 0.2) is 24.3 Å². The molecular weight excluding hydrogens is 349 g/mol. The minimum Gasteiger partial charge on any atom is -0.491 e. The van der Waals surface area contributed by atoms with Crippen molar-refractivity contribution in [2.75, 3.05) is 19.6 Å². The summed E-state index contributed by atoms with van der Waals surface area (Å²) < 4.78 is 42.0. The van der Waals surface area contributed by atoms with Crippen LogP contribution < -0.4 is 10.1 Å². The maximum atomic E-state index is 12.5. The molecule has 0 aromatic heterocycles. The van der Waals surface area contributed by atoms with E-state index in [-0.39, 0.29) is 12.0 Å². The van der Waals surface area contributed by atoms with Gasteiger partial charge in [-0.05, 0) is 51.0 Å². The van der Waals surface area contributed by atoms with Crippen molar-refractivity contribution in [1.29, 1.82) is 0 Å². The van der Waals surface area contributed by atoms with Crippen LogP contribution in [0, 0.1) is 5.92 Å². The molecule has 0 aliphatic carbocycles. The van der Waals surface area contributed by atoms with Gasteiger partial charge in [0, 0.05) is 24.6 Å². The van der Waals surface area contributed by atoms with E-state index < -0.39 is 24.5 Å². The first-order valence-corrected chi connectivity index (χ1v) is 8.56. The Labute approximate surface area is 150 Å². The van der Waals surface area contributed by atoms with E-state index in [1.54, 1.807) is 29.2 Å². The summed E-state index contributed by atoms with van der Waals surface area (Å²) in [6.45, 7) is 3.18. The Hall–Kier alpha value is -2.25. The van der Waals surface area contributed by atoms with Crippen molar-refractivity contribution in [3.63, 3.8) is 0 Å². The minimum absolute atomic E-state index is 0.0408. The largest absolute Gasteiger partial charge is 0.491 e. The summed E-state index contributed by atoms with van der Waals surface area (Å²) in [6, 6.07) is 6.82. The van der Waals surface area contributed by atoms with E-state index in [1.807, 2.05) is 19.2 Å². The molecule has 144 valence electrons. The van der Waals surface area contributed by atoms with Crippen molar-refractivity contribution in [2.45, 2.75) is 39.0 Å². The Bertz CT molecular complexity index is 622. The standard InChI is InChI=1S/C18H23F3N2O3/c1-12(2)26-15-5-3-14(4-6-15)17(25)23-9-7-13(8-10-23)16(24)22-11-18(19,20)21/h3-6,12-13H,7-11H2,1-2H3,(H,22,24). The quantitative estimate of drug-likeness (QED) is 0.864. The van der Waals surface area contributed by atoms with Crippen molar-refractivity contribution in [3.8, 4) is 5.75 Å². The number of carbonyl (C=O) groups excluding carboxylic acids is 2. The minimum atomic E-state index is -4.42. The topological polar surface area (TPSA) is 58.6 Å². The number of nitrogens with one attached hydrogen (secondary N) is 1. The fraction of sp³-hybridized carbons (Fsp3) is 0.556. The summed E-state index contributed by atoms with van der Waals surface area (Å²) in [4.78, 5) is 25.9. The van der Waals surface area contributed by atoms with E-state index in [9.17, 15) is 22.8 Å². The average Bonchev–Trinajstić information content (AvgIpc) is 2.59. The zero-order valence-corrected chi connectivity index (χ0v) is 14.8. The lowest BCUT2D eigenvalue weighted by Crippen LogP contribution is -2.44. The van der Waals surface area contributed by atoms with Gasteiger partial charge in [-0.3, -0.25) is 9.59 Å². The van der Waals surface area contributed by atoms with Crippen LogP contribution in [-0.2, 0) is 4.79 Å². The zero-order valence-electron chi connectivity index (χ0n) is 14.8. The number of hydrogen-bond acceptors (Lipinski definition) is 3. The summed E-state index contributed by atoms with van der Waals surface area (Å²) >= 11 is 0. The molecule has 1 saturated heterocycles. The van der Waals surface area contributed by atoms with Crippen LogP contribution >= 0.6 is 0 Å². The Kier molecular flexibility index (Phi) is 6.50. The van der Waals surface area contributed by atoms with E-state index >= 15 is 0 Å². The summed E-state index contributed by atoms with van der Waals surface area (Å²) in [5, 5.41) is 1.91. The van der Waals surface area contributed by atoms with Gasteiger partial charge in [0.2, 0.25) is 5.91 Å². The maximum absolute atomic E-state index is 12.5. The Morgan fingerprint density at radius 1 is 1.19 bits per heavy atom. The fourth-order valence-electron chi connectivity index (χ4n) is 2.81. The number of halogens is 3. The highest BCUT2D eigenvalue weighted by Crippen LogP contribution is 2.21. The van der Waals surface area contributed by atoms with Crippen molar-refractivity contribution in [1.82, 2.24) is 10.2 Å². The lowest BCUT2D eigenvalue weighted by Gasteiger charge is -2.31. The first kappa shape index (κ1) is 20.1. The number of benzene rings is 1. The number of hydrogen-bond donors (Lipinski definition) is 1. The summed E-state index contributed by atoms with van der Waals surface area (Å²) in [5.41, 5.74) is 0.515. The molecule has 1 aromatic carbocycles. The van der Waals surface area contributed by atoms with Crippen molar-refractivity contribution >= 4 is 11.8 Å². The van der Waals surface area contributed by atoms with Gasteiger partial charge in [-0.25, -0.2) is 0 Å². The number of alkyl halides is 3. The van der Waals surface area contributed by atoms with E-state index in [2.05, 4.69) is 0 Å². The van der Waals surface area contributed by atoms with E-state index in [0.29, 0.717) is 37.2 Å².